The zero-order valence-corrected chi connectivity index (χ0v) is 7.77. The largest absolute Gasteiger partial charge is 0.397 e. The first-order valence-corrected chi connectivity index (χ1v) is 3.96. The molecule has 0 fully saturated rings. The van der Waals surface area contributed by atoms with Crippen molar-refractivity contribution in [3.63, 3.8) is 0 Å². The summed E-state index contributed by atoms with van der Waals surface area (Å²) in [6.07, 6.45) is 0. The van der Waals surface area contributed by atoms with Crippen LogP contribution in [0.15, 0.2) is 16.6 Å². The van der Waals surface area contributed by atoms with Gasteiger partial charge in [0.15, 0.2) is 0 Å². The fourth-order valence-electron chi connectivity index (χ4n) is 0.966. The van der Waals surface area contributed by atoms with Gasteiger partial charge in [-0.15, -0.1) is 0 Å². The summed E-state index contributed by atoms with van der Waals surface area (Å²) in [7, 11) is 0. The van der Waals surface area contributed by atoms with Crippen LogP contribution >= 0.6 is 15.9 Å². The van der Waals surface area contributed by atoms with Crippen LogP contribution in [0.1, 0.15) is 5.56 Å². The maximum atomic E-state index is 5.66. The number of nitrogen functional groups attached to an aromatic ring is 2. The quantitative estimate of drug-likeness (QED) is 0.379. The number of halogens is 1. The SMILES string of the molecule is Cc1cc(Br)cc(N)c1NN. The summed E-state index contributed by atoms with van der Waals surface area (Å²) in [5, 5.41) is 0. The Hall–Kier alpha value is -0.740. The lowest BCUT2D eigenvalue weighted by atomic mass is 10.2. The highest BCUT2D eigenvalue weighted by Gasteiger charge is 2.01. The summed E-state index contributed by atoms with van der Waals surface area (Å²) in [5.41, 5.74) is 10.7. The van der Waals surface area contributed by atoms with E-state index in [1.165, 1.54) is 0 Å². The third-order valence-corrected chi connectivity index (χ3v) is 1.93. The first kappa shape index (κ1) is 8.36. The minimum Gasteiger partial charge on any atom is -0.397 e. The molecular weight excluding hydrogens is 206 g/mol. The van der Waals surface area contributed by atoms with Crippen molar-refractivity contribution in [1.29, 1.82) is 0 Å². The molecule has 0 atom stereocenters. The summed E-state index contributed by atoms with van der Waals surface area (Å²) in [6, 6.07) is 3.76. The topological polar surface area (TPSA) is 64.1 Å². The smallest absolute Gasteiger partial charge is 0.0746 e. The van der Waals surface area contributed by atoms with Crippen LogP contribution in [0.2, 0.25) is 0 Å². The molecule has 11 heavy (non-hydrogen) atoms. The lowest BCUT2D eigenvalue weighted by Gasteiger charge is -2.08. The molecule has 0 saturated carbocycles. The Morgan fingerprint density at radius 1 is 1.45 bits per heavy atom. The fraction of sp³-hybridized carbons (Fsp3) is 0.143. The van der Waals surface area contributed by atoms with Gasteiger partial charge in [-0.25, -0.2) is 0 Å². The number of anilines is 2. The van der Waals surface area contributed by atoms with E-state index in [0.29, 0.717) is 5.69 Å². The van der Waals surface area contributed by atoms with Gasteiger partial charge in [-0.05, 0) is 24.6 Å². The van der Waals surface area contributed by atoms with Gasteiger partial charge in [-0.2, -0.15) is 0 Å². The molecule has 1 rings (SSSR count). The third kappa shape index (κ3) is 1.64. The molecule has 5 N–H and O–H groups in total. The molecule has 3 nitrogen and oxygen atoms in total. The Kier molecular flexibility index (Phi) is 2.36. The zero-order valence-electron chi connectivity index (χ0n) is 6.19. The molecule has 4 heteroatoms. The third-order valence-electron chi connectivity index (χ3n) is 1.48. The van der Waals surface area contributed by atoms with E-state index in [9.17, 15) is 0 Å². The van der Waals surface area contributed by atoms with Crippen molar-refractivity contribution in [3.05, 3.63) is 22.2 Å². The van der Waals surface area contributed by atoms with E-state index in [1.54, 1.807) is 0 Å². The second-order valence-corrected chi connectivity index (χ2v) is 3.25. The van der Waals surface area contributed by atoms with Crippen LogP contribution in [0.5, 0.6) is 0 Å². The summed E-state index contributed by atoms with van der Waals surface area (Å²) < 4.78 is 0.964. The van der Waals surface area contributed by atoms with Gasteiger partial charge in [0.25, 0.3) is 0 Å². The molecule has 0 aliphatic rings. The number of nitrogens with two attached hydrogens (primary N) is 2. The summed E-state index contributed by atoms with van der Waals surface area (Å²) in [5.74, 6) is 5.26. The Bertz CT molecular complexity index is 249. The predicted octanol–water partition coefficient (Wildman–Crippen LogP) is 1.63. The average molecular weight is 216 g/mol. The predicted molar refractivity (Wildman–Crippen MR) is 51.1 cm³/mol. The molecule has 0 amide bonds. The molecule has 0 aromatic heterocycles. The molecule has 0 aliphatic carbocycles. The summed E-state index contributed by atoms with van der Waals surface area (Å²) in [4.78, 5) is 0. The molecule has 0 spiro atoms. The van der Waals surface area contributed by atoms with E-state index >= 15 is 0 Å². The van der Waals surface area contributed by atoms with Gasteiger partial charge in [0.05, 0.1) is 11.4 Å². The summed E-state index contributed by atoms with van der Waals surface area (Å²) in [6.45, 7) is 1.94. The molecule has 0 bridgehead atoms. The van der Waals surface area contributed by atoms with E-state index in [-0.39, 0.29) is 0 Å². The molecule has 60 valence electrons. The van der Waals surface area contributed by atoms with Crippen molar-refractivity contribution in [2.24, 2.45) is 5.84 Å². The molecular formula is C7H10BrN3. The second kappa shape index (κ2) is 3.11. The van der Waals surface area contributed by atoms with Crippen LogP contribution in [0.25, 0.3) is 0 Å². The molecule has 1 aromatic rings. The first-order valence-electron chi connectivity index (χ1n) is 3.17. The van der Waals surface area contributed by atoms with Crippen LogP contribution < -0.4 is 17.0 Å². The Morgan fingerprint density at radius 2 is 2.09 bits per heavy atom. The minimum atomic E-state index is 0.652. The normalized spacial score (nSPS) is 9.73. The maximum absolute atomic E-state index is 5.66. The number of hydrogen-bond acceptors (Lipinski definition) is 3. The van der Waals surface area contributed by atoms with E-state index in [1.807, 2.05) is 19.1 Å². The van der Waals surface area contributed by atoms with Gasteiger partial charge < -0.3 is 11.2 Å². The van der Waals surface area contributed by atoms with Crippen LogP contribution in [-0.4, -0.2) is 0 Å². The van der Waals surface area contributed by atoms with Gasteiger partial charge in [-0.1, -0.05) is 15.9 Å². The number of nitrogens with one attached hydrogen (secondary N) is 1. The number of benzene rings is 1. The standard InChI is InChI=1S/C7H10BrN3/c1-4-2-5(8)3-6(9)7(4)11-10/h2-3,11H,9-10H2,1H3. The van der Waals surface area contributed by atoms with Gasteiger partial charge >= 0.3 is 0 Å². The maximum Gasteiger partial charge on any atom is 0.0746 e. The summed E-state index contributed by atoms with van der Waals surface area (Å²) >= 11 is 3.33. The number of aryl methyl sites for hydroxylation is 1. The highest BCUT2D eigenvalue weighted by Crippen LogP contribution is 2.26. The Labute approximate surface area is 73.9 Å². The highest BCUT2D eigenvalue weighted by molar-refractivity contribution is 9.10. The van der Waals surface area contributed by atoms with Gasteiger partial charge in [0.2, 0.25) is 0 Å². The van der Waals surface area contributed by atoms with Crippen LogP contribution in [0, 0.1) is 6.92 Å². The second-order valence-electron chi connectivity index (χ2n) is 2.33. The van der Waals surface area contributed by atoms with Crippen molar-refractivity contribution >= 4 is 27.3 Å². The Balaban J connectivity index is 3.25. The van der Waals surface area contributed by atoms with Crippen molar-refractivity contribution in [2.45, 2.75) is 6.92 Å². The number of hydrogen-bond donors (Lipinski definition) is 3. The van der Waals surface area contributed by atoms with Crippen LogP contribution in [0.4, 0.5) is 11.4 Å². The minimum absolute atomic E-state index is 0.652. The monoisotopic (exact) mass is 215 g/mol. The number of hydrazine groups is 1. The van der Waals surface area contributed by atoms with Crippen LogP contribution in [0.3, 0.4) is 0 Å². The Morgan fingerprint density at radius 3 is 2.55 bits per heavy atom. The number of rotatable bonds is 1. The van der Waals surface area contributed by atoms with Crippen LogP contribution in [-0.2, 0) is 0 Å². The fourth-order valence-corrected chi connectivity index (χ4v) is 1.56. The van der Waals surface area contributed by atoms with Crippen molar-refractivity contribution < 1.29 is 0 Å². The van der Waals surface area contributed by atoms with Crippen molar-refractivity contribution in [2.75, 3.05) is 11.2 Å². The first-order chi connectivity index (χ1) is 5.15. The molecule has 0 heterocycles. The molecule has 0 saturated heterocycles. The lowest BCUT2D eigenvalue weighted by Crippen LogP contribution is -2.10. The van der Waals surface area contributed by atoms with E-state index in [0.717, 1.165) is 15.7 Å². The molecule has 0 unspecified atom stereocenters. The van der Waals surface area contributed by atoms with E-state index < -0.39 is 0 Å². The van der Waals surface area contributed by atoms with E-state index in [2.05, 4.69) is 21.4 Å². The van der Waals surface area contributed by atoms with Gasteiger partial charge in [0, 0.05) is 4.47 Å². The van der Waals surface area contributed by atoms with E-state index in [4.69, 9.17) is 11.6 Å². The molecule has 0 radical (unpaired) electrons. The van der Waals surface area contributed by atoms with Gasteiger partial charge in [0.1, 0.15) is 0 Å². The average Bonchev–Trinajstić information content (AvgIpc) is 1.85. The van der Waals surface area contributed by atoms with Crippen molar-refractivity contribution in [1.82, 2.24) is 0 Å². The van der Waals surface area contributed by atoms with Crippen molar-refractivity contribution in [3.8, 4) is 0 Å². The highest BCUT2D eigenvalue weighted by atomic mass is 79.9. The zero-order chi connectivity index (χ0) is 8.43. The van der Waals surface area contributed by atoms with Gasteiger partial charge in [-0.3, -0.25) is 5.84 Å². The molecule has 1 aromatic carbocycles. The lowest BCUT2D eigenvalue weighted by molar-refractivity contribution is 1.31. The molecule has 0 aliphatic heterocycles.